The Labute approximate surface area is 173 Å². The Bertz CT molecular complexity index is 879. The molecule has 156 valence electrons. The molecule has 0 spiro atoms. The van der Waals surface area contributed by atoms with Crippen molar-refractivity contribution >= 4 is 11.8 Å². The van der Waals surface area contributed by atoms with E-state index in [2.05, 4.69) is 19.2 Å². The summed E-state index contributed by atoms with van der Waals surface area (Å²) in [5, 5.41) is 3.36. The van der Waals surface area contributed by atoms with Gasteiger partial charge in [0.2, 0.25) is 0 Å². The Morgan fingerprint density at radius 1 is 1.21 bits per heavy atom. The van der Waals surface area contributed by atoms with Crippen LogP contribution in [-0.4, -0.2) is 25.0 Å². The van der Waals surface area contributed by atoms with Crippen LogP contribution in [0.1, 0.15) is 65.4 Å². The quantitative estimate of drug-likeness (QED) is 0.708. The molecule has 1 heterocycles. The van der Waals surface area contributed by atoms with Gasteiger partial charge in [-0.3, -0.25) is 4.79 Å². The maximum Gasteiger partial charge on any atom is 0.336 e. The Morgan fingerprint density at radius 3 is 2.62 bits per heavy atom. The van der Waals surface area contributed by atoms with Crippen molar-refractivity contribution in [3.63, 3.8) is 0 Å². The number of esters is 1. The monoisotopic (exact) mass is 397 g/mol. The van der Waals surface area contributed by atoms with Gasteiger partial charge in [-0.2, -0.15) is 0 Å². The van der Waals surface area contributed by atoms with Gasteiger partial charge in [0.1, 0.15) is 5.75 Å². The van der Waals surface area contributed by atoms with Crippen LogP contribution in [0.5, 0.6) is 5.75 Å². The largest absolute Gasteiger partial charge is 0.494 e. The summed E-state index contributed by atoms with van der Waals surface area (Å²) in [4.78, 5) is 26.3. The lowest BCUT2D eigenvalue weighted by molar-refractivity contribution is -0.139. The van der Waals surface area contributed by atoms with E-state index >= 15 is 0 Å². The number of nitrogens with one attached hydrogen (secondary N) is 1. The standard InChI is InChI=1S/C24H31NO4/c1-6-12-29-23(27)20-15(3)25-17-13-24(4,5)14-18(26)22(17)21(20)16-10-8-9-11-19(16)28-7-2/h8-11,21,25H,6-7,12-14H2,1-5H3/t21-/m0/s1. The van der Waals surface area contributed by atoms with E-state index in [0.717, 1.165) is 29.8 Å². The first-order valence-electron chi connectivity index (χ1n) is 10.4. The smallest absolute Gasteiger partial charge is 0.336 e. The molecule has 1 aliphatic carbocycles. The normalized spacial score (nSPS) is 20.9. The van der Waals surface area contributed by atoms with Gasteiger partial charge >= 0.3 is 5.97 Å². The van der Waals surface area contributed by atoms with Crippen molar-refractivity contribution in [2.75, 3.05) is 13.2 Å². The summed E-state index contributed by atoms with van der Waals surface area (Å²) in [6, 6.07) is 7.66. The Balaban J connectivity index is 2.18. The number of hydrogen-bond donors (Lipinski definition) is 1. The lowest BCUT2D eigenvalue weighted by Gasteiger charge is -2.39. The van der Waals surface area contributed by atoms with Crippen LogP contribution in [0.4, 0.5) is 0 Å². The van der Waals surface area contributed by atoms with E-state index < -0.39 is 5.92 Å². The average Bonchev–Trinajstić information content (AvgIpc) is 2.64. The maximum absolute atomic E-state index is 13.3. The molecule has 0 aromatic heterocycles. The minimum Gasteiger partial charge on any atom is -0.494 e. The third-order valence-corrected chi connectivity index (χ3v) is 5.43. The topological polar surface area (TPSA) is 64.6 Å². The zero-order chi connectivity index (χ0) is 21.2. The van der Waals surface area contributed by atoms with Crippen LogP contribution in [0.25, 0.3) is 0 Å². The van der Waals surface area contributed by atoms with Crippen molar-refractivity contribution in [2.45, 2.75) is 59.8 Å². The molecule has 1 aromatic carbocycles. The van der Waals surface area contributed by atoms with Crippen LogP contribution in [0, 0.1) is 5.41 Å². The van der Waals surface area contributed by atoms with Gasteiger partial charge in [-0.05, 0) is 38.2 Å². The van der Waals surface area contributed by atoms with E-state index in [-0.39, 0.29) is 17.2 Å². The zero-order valence-electron chi connectivity index (χ0n) is 18.1. The molecule has 0 bridgehead atoms. The highest BCUT2D eigenvalue weighted by Gasteiger charge is 2.43. The average molecular weight is 398 g/mol. The van der Waals surface area contributed by atoms with Gasteiger partial charge in [0.15, 0.2) is 5.78 Å². The fourth-order valence-electron chi connectivity index (χ4n) is 4.30. The minimum absolute atomic E-state index is 0.0772. The molecule has 0 radical (unpaired) electrons. The Morgan fingerprint density at radius 2 is 1.93 bits per heavy atom. The van der Waals surface area contributed by atoms with Crippen molar-refractivity contribution < 1.29 is 19.1 Å². The number of carbonyl (C=O) groups excluding carboxylic acids is 2. The SMILES string of the molecule is CCCOC(=O)C1=C(C)NC2=C(C(=O)CC(C)(C)C2)[C@H]1c1ccccc1OCC. The van der Waals surface area contributed by atoms with Gasteiger partial charge in [0.25, 0.3) is 0 Å². The first kappa shape index (κ1) is 21.2. The maximum atomic E-state index is 13.3. The molecule has 1 aromatic rings. The number of carbonyl (C=O) groups is 2. The predicted octanol–water partition coefficient (Wildman–Crippen LogP) is 4.64. The van der Waals surface area contributed by atoms with E-state index in [1.54, 1.807) is 0 Å². The highest BCUT2D eigenvalue weighted by Crippen LogP contribution is 2.48. The molecule has 0 saturated carbocycles. The van der Waals surface area contributed by atoms with Crippen molar-refractivity contribution in [3.8, 4) is 5.75 Å². The molecular weight excluding hydrogens is 366 g/mol. The molecule has 0 saturated heterocycles. The highest BCUT2D eigenvalue weighted by atomic mass is 16.5. The van der Waals surface area contributed by atoms with Crippen molar-refractivity contribution in [1.82, 2.24) is 5.32 Å². The molecular formula is C24H31NO4. The van der Waals surface area contributed by atoms with Crippen LogP contribution in [0.3, 0.4) is 0 Å². The second kappa shape index (κ2) is 8.44. The Kier molecular flexibility index (Phi) is 6.15. The van der Waals surface area contributed by atoms with Crippen molar-refractivity contribution in [2.24, 2.45) is 5.41 Å². The summed E-state index contributed by atoms with van der Waals surface area (Å²) < 4.78 is 11.4. The molecule has 0 amide bonds. The number of hydrogen-bond acceptors (Lipinski definition) is 5. The molecule has 3 rings (SSSR count). The minimum atomic E-state index is -0.484. The first-order valence-corrected chi connectivity index (χ1v) is 10.4. The molecule has 1 aliphatic heterocycles. The van der Waals surface area contributed by atoms with E-state index in [9.17, 15) is 9.59 Å². The number of rotatable bonds is 6. The van der Waals surface area contributed by atoms with Crippen molar-refractivity contribution in [3.05, 3.63) is 52.4 Å². The molecule has 5 nitrogen and oxygen atoms in total. The molecule has 5 heteroatoms. The van der Waals surface area contributed by atoms with Gasteiger partial charge in [-0.15, -0.1) is 0 Å². The number of allylic oxidation sites excluding steroid dienone is 3. The number of ether oxygens (including phenoxy) is 2. The van der Waals surface area contributed by atoms with E-state index in [4.69, 9.17) is 9.47 Å². The number of benzene rings is 1. The van der Waals surface area contributed by atoms with Crippen LogP contribution in [-0.2, 0) is 14.3 Å². The molecule has 1 N–H and O–H groups in total. The predicted molar refractivity (Wildman–Crippen MR) is 112 cm³/mol. The summed E-state index contributed by atoms with van der Waals surface area (Å²) in [5.74, 6) is -0.0902. The number of para-hydroxylation sites is 1. The fourth-order valence-corrected chi connectivity index (χ4v) is 4.30. The van der Waals surface area contributed by atoms with Crippen LogP contribution >= 0.6 is 0 Å². The van der Waals surface area contributed by atoms with E-state index in [1.807, 2.05) is 45.0 Å². The summed E-state index contributed by atoms with van der Waals surface area (Å²) >= 11 is 0. The summed E-state index contributed by atoms with van der Waals surface area (Å²) in [6.45, 7) is 10.8. The van der Waals surface area contributed by atoms with Gasteiger partial charge in [-0.25, -0.2) is 4.79 Å². The molecule has 0 fully saturated rings. The van der Waals surface area contributed by atoms with Crippen LogP contribution < -0.4 is 10.1 Å². The summed E-state index contributed by atoms with van der Waals surface area (Å²) in [6.07, 6.45) is 1.96. The third-order valence-electron chi connectivity index (χ3n) is 5.43. The summed E-state index contributed by atoms with van der Waals surface area (Å²) in [5.41, 5.74) is 3.54. The third kappa shape index (κ3) is 4.24. The molecule has 0 unspecified atom stereocenters. The summed E-state index contributed by atoms with van der Waals surface area (Å²) in [7, 11) is 0. The molecule has 1 atom stereocenters. The lowest BCUT2D eigenvalue weighted by atomic mass is 9.68. The highest BCUT2D eigenvalue weighted by molar-refractivity contribution is 6.04. The number of dihydropyridines is 1. The van der Waals surface area contributed by atoms with Gasteiger partial charge in [0.05, 0.1) is 24.7 Å². The second-order valence-corrected chi connectivity index (χ2v) is 8.54. The first-order chi connectivity index (χ1) is 13.8. The zero-order valence-corrected chi connectivity index (χ0v) is 18.1. The fraction of sp³-hybridized carbons (Fsp3) is 0.500. The lowest BCUT2D eigenvalue weighted by Crippen LogP contribution is -2.38. The Hall–Kier alpha value is -2.56. The molecule has 29 heavy (non-hydrogen) atoms. The number of Topliss-reactive ketones (excluding diaryl/α,β-unsaturated/α-hetero) is 1. The van der Waals surface area contributed by atoms with Crippen LogP contribution in [0.15, 0.2) is 46.8 Å². The van der Waals surface area contributed by atoms with Crippen LogP contribution in [0.2, 0.25) is 0 Å². The van der Waals surface area contributed by atoms with Crippen molar-refractivity contribution in [1.29, 1.82) is 0 Å². The van der Waals surface area contributed by atoms with E-state index in [1.165, 1.54) is 0 Å². The molecule has 2 aliphatic rings. The van der Waals surface area contributed by atoms with Gasteiger partial charge in [-0.1, -0.05) is 39.0 Å². The van der Waals surface area contributed by atoms with E-state index in [0.29, 0.717) is 36.5 Å². The number of ketones is 1. The second-order valence-electron chi connectivity index (χ2n) is 8.54. The van der Waals surface area contributed by atoms with Gasteiger partial charge < -0.3 is 14.8 Å². The van der Waals surface area contributed by atoms with Gasteiger partial charge in [0, 0.05) is 29.0 Å².